The van der Waals surface area contributed by atoms with E-state index in [2.05, 4.69) is 35.0 Å². The van der Waals surface area contributed by atoms with Gasteiger partial charge < -0.3 is 4.90 Å². The molecule has 23 heavy (non-hydrogen) atoms. The Kier molecular flexibility index (Phi) is 3.23. The fourth-order valence-electron chi connectivity index (χ4n) is 3.06. The highest BCUT2D eigenvalue weighted by Gasteiger charge is 2.24. The van der Waals surface area contributed by atoms with Crippen LogP contribution in [0, 0.1) is 13.8 Å². The Morgan fingerprint density at radius 1 is 1.22 bits per heavy atom. The first-order chi connectivity index (χ1) is 11.0. The Balaban J connectivity index is 1.76. The van der Waals surface area contributed by atoms with E-state index in [1.54, 1.807) is 23.0 Å². The molecule has 0 unspecified atom stereocenters. The van der Waals surface area contributed by atoms with E-state index < -0.39 is 0 Å². The molecule has 0 saturated heterocycles. The van der Waals surface area contributed by atoms with Gasteiger partial charge in [0, 0.05) is 20.0 Å². The number of hydrogen-bond acceptors (Lipinski definition) is 5. The lowest BCUT2D eigenvalue weighted by Crippen LogP contribution is -2.38. The van der Waals surface area contributed by atoms with Crippen LogP contribution in [0.25, 0.3) is 10.2 Å². The van der Waals surface area contributed by atoms with Gasteiger partial charge in [0.1, 0.15) is 5.82 Å². The molecule has 118 valence electrons. The molecular formula is C17H18N4OS. The largest absolute Gasteiger partial charge is 0.343 e. The van der Waals surface area contributed by atoms with E-state index in [-0.39, 0.29) is 5.56 Å². The van der Waals surface area contributed by atoms with Crippen molar-refractivity contribution in [2.24, 2.45) is 7.05 Å². The number of thiazole rings is 1. The number of aromatic nitrogens is 3. The van der Waals surface area contributed by atoms with Crippen LogP contribution in [0.2, 0.25) is 0 Å². The standard InChI is InChI=1S/C17H18N4OS/c1-10-5-4-6-14-15(10)19-17(23-14)21-8-7-13-12(9-21)16(22)20(3)11(2)18-13/h4-6H,7-9H2,1-3H3. The lowest BCUT2D eigenvalue weighted by molar-refractivity contribution is 0.654. The maximum atomic E-state index is 12.5. The van der Waals surface area contributed by atoms with Crippen molar-refractivity contribution in [3.63, 3.8) is 0 Å². The predicted octanol–water partition coefficient (Wildman–Crippen LogP) is 2.57. The molecule has 0 bridgehead atoms. The Morgan fingerprint density at radius 2 is 2.04 bits per heavy atom. The van der Waals surface area contributed by atoms with E-state index in [0.717, 1.165) is 40.7 Å². The summed E-state index contributed by atoms with van der Waals surface area (Å²) in [5.74, 6) is 0.776. The summed E-state index contributed by atoms with van der Waals surface area (Å²) in [6, 6.07) is 6.25. The number of anilines is 1. The van der Waals surface area contributed by atoms with E-state index in [0.29, 0.717) is 6.54 Å². The summed E-state index contributed by atoms with van der Waals surface area (Å²) in [6.07, 6.45) is 0.793. The molecule has 1 aliphatic heterocycles. The molecule has 0 saturated carbocycles. The molecule has 3 aromatic rings. The van der Waals surface area contributed by atoms with E-state index in [1.807, 2.05) is 6.92 Å². The summed E-state index contributed by atoms with van der Waals surface area (Å²) >= 11 is 1.69. The SMILES string of the molecule is Cc1cccc2sc(N3CCc4nc(C)n(C)c(=O)c4C3)nc12. The van der Waals surface area contributed by atoms with Gasteiger partial charge in [-0.1, -0.05) is 23.5 Å². The average Bonchev–Trinajstić information content (AvgIpc) is 2.98. The number of hydrogen-bond donors (Lipinski definition) is 0. The van der Waals surface area contributed by atoms with Crippen LogP contribution in [0.3, 0.4) is 0 Å². The maximum absolute atomic E-state index is 12.5. The van der Waals surface area contributed by atoms with Crippen LogP contribution in [-0.4, -0.2) is 21.1 Å². The van der Waals surface area contributed by atoms with Gasteiger partial charge in [-0.05, 0) is 25.5 Å². The normalized spacial score (nSPS) is 14.3. The summed E-state index contributed by atoms with van der Waals surface area (Å²) in [6.45, 7) is 5.41. The van der Waals surface area contributed by atoms with Crippen LogP contribution in [0.15, 0.2) is 23.0 Å². The van der Waals surface area contributed by atoms with Gasteiger partial charge in [0.2, 0.25) is 0 Å². The summed E-state index contributed by atoms with van der Waals surface area (Å²) in [5.41, 5.74) is 4.07. The van der Waals surface area contributed by atoms with Crippen molar-refractivity contribution in [3.05, 3.63) is 51.2 Å². The zero-order valence-corrected chi connectivity index (χ0v) is 14.3. The maximum Gasteiger partial charge on any atom is 0.258 e. The van der Waals surface area contributed by atoms with Crippen LogP contribution in [-0.2, 0) is 20.0 Å². The molecule has 6 heteroatoms. The Labute approximate surface area is 138 Å². The van der Waals surface area contributed by atoms with Gasteiger partial charge in [0.25, 0.3) is 5.56 Å². The Hall–Kier alpha value is -2.21. The number of aryl methyl sites for hydroxylation is 2. The van der Waals surface area contributed by atoms with E-state index in [4.69, 9.17) is 4.98 Å². The number of para-hydroxylation sites is 1. The molecule has 0 amide bonds. The first-order valence-electron chi connectivity index (χ1n) is 7.71. The fraction of sp³-hybridized carbons (Fsp3) is 0.353. The second-order valence-electron chi connectivity index (χ2n) is 6.04. The van der Waals surface area contributed by atoms with Crippen molar-refractivity contribution >= 4 is 26.7 Å². The smallest absolute Gasteiger partial charge is 0.258 e. The van der Waals surface area contributed by atoms with Crippen LogP contribution in [0.4, 0.5) is 5.13 Å². The summed E-state index contributed by atoms with van der Waals surface area (Å²) < 4.78 is 2.82. The van der Waals surface area contributed by atoms with Gasteiger partial charge in [-0.2, -0.15) is 0 Å². The van der Waals surface area contributed by atoms with Crippen molar-refractivity contribution < 1.29 is 0 Å². The van der Waals surface area contributed by atoms with Crippen molar-refractivity contribution in [1.29, 1.82) is 0 Å². The minimum absolute atomic E-state index is 0.0643. The lowest BCUT2D eigenvalue weighted by Gasteiger charge is -2.27. The first-order valence-corrected chi connectivity index (χ1v) is 8.52. The lowest BCUT2D eigenvalue weighted by atomic mass is 10.1. The van der Waals surface area contributed by atoms with Gasteiger partial charge in [-0.15, -0.1) is 0 Å². The van der Waals surface area contributed by atoms with Crippen LogP contribution < -0.4 is 10.5 Å². The number of benzene rings is 1. The van der Waals surface area contributed by atoms with Crippen molar-refractivity contribution in [2.45, 2.75) is 26.8 Å². The molecule has 1 aliphatic rings. The third-order valence-electron chi connectivity index (χ3n) is 4.54. The molecule has 0 N–H and O–H groups in total. The Bertz CT molecular complexity index is 973. The molecule has 0 fully saturated rings. The zero-order chi connectivity index (χ0) is 16.1. The highest BCUT2D eigenvalue weighted by molar-refractivity contribution is 7.22. The van der Waals surface area contributed by atoms with Gasteiger partial charge in [0.05, 0.1) is 28.0 Å². The molecule has 2 aromatic heterocycles. The van der Waals surface area contributed by atoms with E-state index in [1.165, 1.54) is 10.3 Å². The fourth-order valence-corrected chi connectivity index (χ4v) is 4.13. The third kappa shape index (κ3) is 2.25. The molecule has 0 aliphatic carbocycles. The zero-order valence-electron chi connectivity index (χ0n) is 13.5. The van der Waals surface area contributed by atoms with Crippen LogP contribution in [0.5, 0.6) is 0 Å². The van der Waals surface area contributed by atoms with Crippen LogP contribution in [0.1, 0.15) is 22.6 Å². The molecule has 3 heterocycles. The van der Waals surface area contributed by atoms with Crippen molar-refractivity contribution in [2.75, 3.05) is 11.4 Å². The van der Waals surface area contributed by atoms with Gasteiger partial charge in [-0.25, -0.2) is 9.97 Å². The molecule has 0 atom stereocenters. The molecule has 0 radical (unpaired) electrons. The van der Waals surface area contributed by atoms with Gasteiger partial charge >= 0.3 is 0 Å². The van der Waals surface area contributed by atoms with Crippen molar-refractivity contribution in [3.8, 4) is 0 Å². The summed E-state index contributed by atoms with van der Waals surface area (Å²) in [4.78, 5) is 24.1. The quantitative estimate of drug-likeness (QED) is 0.690. The molecule has 5 nitrogen and oxygen atoms in total. The monoisotopic (exact) mass is 326 g/mol. The predicted molar refractivity (Wildman–Crippen MR) is 93.3 cm³/mol. The second kappa shape index (κ2) is 5.16. The average molecular weight is 326 g/mol. The first kappa shape index (κ1) is 14.4. The van der Waals surface area contributed by atoms with Crippen molar-refractivity contribution in [1.82, 2.24) is 14.5 Å². The number of fused-ring (bicyclic) bond motifs is 2. The highest BCUT2D eigenvalue weighted by atomic mass is 32.1. The number of nitrogens with zero attached hydrogens (tertiary/aromatic N) is 4. The minimum atomic E-state index is 0.0643. The molecule has 1 aromatic carbocycles. The minimum Gasteiger partial charge on any atom is -0.343 e. The summed E-state index contributed by atoms with van der Waals surface area (Å²) in [7, 11) is 1.78. The molecule has 4 rings (SSSR count). The topological polar surface area (TPSA) is 51.0 Å². The van der Waals surface area contributed by atoms with E-state index >= 15 is 0 Å². The van der Waals surface area contributed by atoms with E-state index in [9.17, 15) is 4.79 Å². The molecular weight excluding hydrogens is 308 g/mol. The summed E-state index contributed by atoms with van der Waals surface area (Å²) in [5, 5.41) is 0.988. The second-order valence-corrected chi connectivity index (χ2v) is 7.05. The highest BCUT2D eigenvalue weighted by Crippen LogP contribution is 2.32. The van der Waals surface area contributed by atoms with Crippen LogP contribution >= 0.6 is 11.3 Å². The Morgan fingerprint density at radius 3 is 2.83 bits per heavy atom. The van der Waals surface area contributed by atoms with Gasteiger partial charge in [-0.3, -0.25) is 9.36 Å². The van der Waals surface area contributed by atoms with Gasteiger partial charge in [0.15, 0.2) is 5.13 Å². The molecule has 0 spiro atoms. The number of rotatable bonds is 1. The third-order valence-corrected chi connectivity index (χ3v) is 5.62.